The molecule has 2 aromatic carbocycles. The van der Waals surface area contributed by atoms with E-state index in [9.17, 15) is 14.4 Å². The normalized spacial score (nSPS) is 20.3. The van der Waals surface area contributed by atoms with E-state index in [1.54, 1.807) is 4.90 Å². The molecule has 3 heterocycles. The highest BCUT2D eigenvalue weighted by Gasteiger charge is 2.41. The molecule has 2 saturated heterocycles. The number of aryl methyl sites for hydroxylation is 2. The smallest absolute Gasteiger partial charge is 0.250 e. The van der Waals surface area contributed by atoms with Crippen LogP contribution in [-0.2, 0) is 14.4 Å². The summed E-state index contributed by atoms with van der Waals surface area (Å²) >= 11 is 1.31. The van der Waals surface area contributed by atoms with E-state index < -0.39 is 5.25 Å². The van der Waals surface area contributed by atoms with Crippen molar-refractivity contribution in [3.8, 4) is 0 Å². The van der Waals surface area contributed by atoms with Crippen molar-refractivity contribution in [3.63, 3.8) is 0 Å². The molecule has 2 aromatic rings. The number of hydrogen-bond donors (Lipinski definition) is 0. The molecule has 0 aliphatic carbocycles. The number of hydrogen-bond acceptors (Lipinski definition) is 5. The summed E-state index contributed by atoms with van der Waals surface area (Å²) in [4.78, 5) is 48.3. The number of likely N-dealkylation sites (tertiary alicyclic amines) is 1. The van der Waals surface area contributed by atoms with E-state index >= 15 is 0 Å². The van der Waals surface area contributed by atoms with Crippen LogP contribution in [-0.4, -0.2) is 78.6 Å². The molecule has 2 fully saturated rings. The lowest BCUT2D eigenvalue weighted by molar-refractivity contribution is -0.135. The van der Waals surface area contributed by atoms with Crippen LogP contribution in [0.3, 0.4) is 0 Å². The van der Waals surface area contributed by atoms with E-state index in [0.717, 1.165) is 36.5 Å². The third kappa shape index (κ3) is 4.76. The Labute approximate surface area is 211 Å². The summed E-state index contributed by atoms with van der Waals surface area (Å²) in [5, 5.41) is -0.822. The Morgan fingerprint density at radius 2 is 1.60 bits per heavy atom. The van der Waals surface area contributed by atoms with Gasteiger partial charge in [0.05, 0.1) is 5.69 Å². The Morgan fingerprint density at radius 3 is 2.34 bits per heavy atom. The lowest BCUT2D eigenvalue weighted by Crippen LogP contribution is -2.55. The van der Waals surface area contributed by atoms with E-state index in [0.29, 0.717) is 26.2 Å². The molecule has 0 N–H and O–H groups in total. The lowest BCUT2D eigenvalue weighted by Gasteiger charge is -2.39. The molecular formula is C27H32N4O3S. The summed E-state index contributed by atoms with van der Waals surface area (Å²) in [5.41, 5.74) is 4.40. The second-order valence-electron chi connectivity index (χ2n) is 9.58. The highest BCUT2D eigenvalue weighted by atomic mass is 32.2. The third-order valence-electron chi connectivity index (χ3n) is 7.16. The zero-order valence-electron chi connectivity index (χ0n) is 20.4. The zero-order valence-corrected chi connectivity index (χ0v) is 21.2. The monoisotopic (exact) mass is 492 g/mol. The van der Waals surface area contributed by atoms with Crippen LogP contribution in [0.4, 0.5) is 11.4 Å². The summed E-state index contributed by atoms with van der Waals surface area (Å²) in [6.45, 7) is 8.31. The van der Waals surface area contributed by atoms with E-state index in [2.05, 4.69) is 36.9 Å². The van der Waals surface area contributed by atoms with Gasteiger partial charge in [-0.25, -0.2) is 0 Å². The van der Waals surface area contributed by atoms with E-state index in [-0.39, 0.29) is 24.3 Å². The number of fused-ring (bicyclic) bond motifs is 1. The lowest BCUT2D eigenvalue weighted by atomic mass is 10.1. The van der Waals surface area contributed by atoms with Gasteiger partial charge >= 0.3 is 0 Å². The molecule has 3 amide bonds. The average molecular weight is 493 g/mol. The van der Waals surface area contributed by atoms with Gasteiger partial charge in [0.15, 0.2) is 5.25 Å². The fourth-order valence-electron chi connectivity index (χ4n) is 5.13. The van der Waals surface area contributed by atoms with Crippen LogP contribution in [0.15, 0.2) is 47.4 Å². The second-order valence-corrected chi connectivity index (χ2v) is 10.7. The fraction of sp³-hybridized carbons (Fsp3) is 0.444. The van der Waals surface area contributed by atoms with Gasteiger partial charge in [0.2, 0.25) is 11.8 Å². The van der Waals surface area contributed by atoms with E-state index in [1.165, 1.54) is 33.5 Å². The van der Waals surface area contributed by atoms with Gasteiger partial charge in [-0.1, -0.05) is 24.3 Å². The van der Waals surface area contributed by atoms with E-state index in [4.69, 9.17) is 0 Å². The number of benzene rings is 2. The maximum Gasteiger partial charge on any atom is 0.250 e. The number of rotatable bonds is 4. The highest BCUT2D eigenvalue weighted by molar-refractivity contribution is 8.01. The maximum atomic E-state index is 13.5. The number of para-hydroxylation sites is 1. The van der Waals surface area contributed by atoms with Crippen LogP contribution >= 0.6 is 11.8 Å². The van der Waals surface area contributed by atoms with Crippen LogP contribution in [0.1, 0.15) is 24.0 Å². The van der Waals surface area contributed by atoms with Crippen molar-refractivity contribution in [1.82, 2.24) is 9.80 Å². The number of thioether (sulfide) groups is 1. The molecule has 3 aliphatic heterocycles. The molecule has 0 aromatic heterocycles. The number of anilines is 2. The van der Waals surface area contributed by atoms with Gasteiger partial charge in [0.25, 0.3) is 5.91 Å². The molecule has 5 rings (SSSR count). The molecular weight excluding hydrogens is 460 g/mol. The molecule has 35 heavy (non-hydrogen) atoms. The Bertz CT molecular complexity index is 1140. The van der Waals surface area contributed by atoms with Crippen LogP contribution in [0.25, 0.3) is 0 Å². The summed E-state index contributed by atoms with van der Waals surface area (Å²) in [6.07, 6.45) is 1.95. The Hall–Kier alpha value is -3.00. The first kappa shape index (κ1) is 23.7. The zero-order chi connectivity index (χ0) is 24.5. The van der Waals surface area contributed by atoms with Gasteiger partial charge in [-0.2, -0.15) is 0 Å². The summed E-state index contributed by atoms with van der Waals surface area (Å²) in [5.74, 6) is -0.493. The first-order valence-electron chi connectivity index (χ1n) is 12.4. The van der Waals surface area contributed by atoms with Crippen LogP contribution < -0.4 is 9.80 Å². The fourth-order valence-corrected chi connectivity index (χ4v) is 6.32. The van der Waals surface area contributed by atoms with Gasteiger partial charge in [-0.3, -0.25) is 14.4 Å². The first-order valence-corrected chi connectivity index (χ1v) is 13.3. The minimum absolute atomic E-state index is 0.0380. The largest absolute Gasteiger partial charge is 0.368 e. The summed E-state index contributed by atoms with van der Waals surface area (Å²) in [7, 11) is 0. The topological polar surface area (TPSA) is 64.2 Å². The van der Waals surface area contributed by atoms with Gasteiger partial charge in [-0.05, 0) is 56.0 Å². The minimum atomic E-state index is -0.822. The van der Waals surface area contributed by atoms with E-state index in [1.807, 2.05) is 29.2 Å². The molecule has 3 aliphatic rings. The van der Waals surface area contributed by atoms with Crippen molar-refractivity contribution in [3.05, 3.63) is 53.6 Å². The average Bonchev–Trinajstić information content (AvgIpc) is 3.42. The van der Waals surface area contributed by atoms with Crippen molar-refractivity contribution < 1.29 is 14.4 Å². The second kappa shape index (κ2) is 9.93. The van der Waals surface area contributed by atoms with Crippen molar-refractivity contribution in [2.45, 2.75) is 36.8 Å². The SMILES string of the molecule is Cc1ccc(C)c(N2CCN(C(=O)CN3C(=O)C(C(=O)N4CCCC4)Sc4ccccc43)CC2)c1. The molecule has 1 unspecified atom stereocenters. The molecule has 7 nitrogen and oxygen atoms in total. The van der Waals surface area contributed by atoms with Gasteiger partial charge < -0.3 is 19.6 Å². The number of carbonyl (C=O) groups excluding carboxylic acids is 3. The molecule has 8 heteroatoms. The predicted molar refractivity (Wildman–Crippen MR) is 139 cm³/mol. The predicted octanol–water partition coefficient (Wildman–Crippen LogP) is 3.08. The molecule has 0 saturated carbocycles. The van der Waals surface area contributed by atoms with Crippen molar-refractivity contribution in [1.29, 1.82) is 0 Å². The minimum Gasteiger partial charge on any atom is -0.368 e. The Balaban J connectivity index is 1.28. The number of carbonyl (C=O) groups is 3. The standard InChI is InChI=1S/C27H32N4O3S/c1-19-9-10-20(2)22(17-19)28-13-15-29(16-14-28)24(32)18-31-21-7-3-4-8-23(21)35-25(27(31)34)26(33)30-11-5-6-12-30/h3-4,7-10,17,25H,5-6,11-16,18H2,1-2H3. The van der Waals surface area contributed by atoms with Crippen LogP contribution in [0.2, 0.25) is 0 Å². The first-order chi connectivity index (χ1) is 16.9. The quantitative estimate of drug-likeness (QED) is 0.614. The number of amides is 3. The number of nitrogens with zero attached hydrogens (tertiary/aromatic N) is 4. The maximum absolute atomic E-state index is 13.5. The van der Waals surface area contributed by atoms with Crippen molar-refractivity contribution >= 4 is 40.9 Å². The molecule has 1 atom stereocenters. The van der Waals surface area contributed by atoms with Crippen LogP contribution in [0, 0.1) is 13.8 Å². The molecule has 0 spiro atoms. The molecule has 0 bridgehead atoms. The summed E-state index contributed by atoms with van der Waals surface area (Å²) < 4.78 is 0. The number of piperazine rings is 1. The van der Waals surface area contributed by atoms with Gasteiger partial charge in [-0.15, -0.1) is 11.8 Å². The molecule has 0 radical (unpaired) electrons. The van der Waals surface area contributed by atoms with Crippen LogP contribution in [0.5, 0.6) is 0 Å². The van der Waals surface area contributed by atoms with Crippen molar-refractivity contribution in [2.24, 2.45) is 0 Å². The Morgan fingerprint density at radius 1 is 0.886 bits per heavy atom. The highest BCUT2D eigenvalue weighted by Crippen LogP contribution is 2.40. The van der Waals surface area contributed by atoms with Gasteiger partial charge in [0.1, 0.15) is 6.54 Å². The van der Waals surface area contributed by atoms with Crippen molar-refractivity contribution in [2.75, 3.05) is 55.6 Å². The summed E-state index contributed by atoms with van der Waals surface area (Å²) in [6, 6.07) is 14.0. The van der Waals surface area contributed by atoms with Gasteiger partial charge in [0, 0.05) is 49.9 Å². The molecule has 184 valence electrons. The third-order valence-corrected chi connectivity index (χ3v) is 8.40. The Kier molecular flexibility index (Phi) is 6.73.